The molecule has 0 aromatic heterocycles. The van der Waals surface area contributed by atoms with Crippen molar-refractivity contribution in [2.75, 3.05) is 20.3 Å². The fourth-order valence-electron chi connectivity index (χ4n) is 1.85. The van der Waals surface area contributed by atoms with Crippen LogP contribution in [0.4, 0.5) is 8.78 Å². The van der Waals surface area contributed by atoms with Gasteiger partial charge in [-0.05, 0) is 0 Å². The average molecular weight is 235 g/mol. The highest BCUT2D eigenvalue weighted by molar-refractivity contribution is 5.76. The molecule has 3 unspecified atom stereocenters. The lowest BCUT2D eigenvalue weighted by Gasteiger charge is -2.10. The number of methoxy groups -OCH3 is 1. The predicted octanol–water partition coefficient (Wildman–Crippen LogP) is 0.562. The first-order valence-electron chi connectivity index (χ1n) is 5.33. The van der Waals surface area contributed by atoms with Crippen LogP contribution in [0.25, 0.3) is 0 Å². The van der Waals surface area contributed by atoms with Crippen molar-refractivity contribution < 1.29 is 23.0 Å². The van der Waals surface area contributed by atoms with Crippen LogP contribution in [-0.4, -0.2) is 44.3 Å². The van der Waals surface area contributed by atoms with Gasteiger partial charge in [-0.2, -0.15) is 0 Å². The van der Waals surface area contributed by atoms with Gasteiger partial charge in [0.25, 0.3) is 5.92 Å². The first-order chi connectivity index (χ1) is 7.53. The summed E-state index contributed by atoms with van der Waals surface area (Å²) < 4.78 is 35.0. The second kappa shape index (κ2) is 4.25. The first kappa shape index (κ1) is 11.7. The Morgan fingerprint density at radius 2 is 2.25 bits per heavy atom. The van der Waals surface area contributed by atoms with Crippen molar-refractivity contribution in [1.29, 1.82) is 0 Å². The van der Waals surface area contributed by atoms with E-state index in [2.05, 4.69) is 10.1 Å². The molecule has 0 aromatic rings. The molecule has 0 amide bonds. The Balaban J connectivity index is 1.67. The van der Waals surface area contributed by atoms with Crippen molar-refractivity contribution in [3.05, 3.63) is 0 Å². The summed E-state index contributed by atoms with van der Waals surface area (Å²) in [6.07, 6.45) is 0.249. The van der Waals surface area contributed by atoms with Crippen molar-refractivity contribution in [1.82, 2.24) is 5.32 Å². The van der Waals surface area contributed by atoms with Gasteiger partial charge in [0.15, 0.2) is 0 Å². The van der Waals surface area contributed by atoms with E-state index in [1.807, 2.05) is 0 Å². The van der Waals surface area contributed by atoms with Crippen LogP contribution in [0, 0.1) is 5.92 Å². The van der Waals surface area contributed by atoms with Crippen LogP contribution in [0.2, 0.25) is 0 Å². The van der Waals surface area contributed by atoms with Gasteiger partial charge < -0.3 is 14.8 Å². The minimum absolute atomic E-state index is 0.0758. The second-order valence-corrected chi connectivity index (χ2v) is 4.34. The topological polar surface area (TPSA) is 47.6 Å². The van der Waals surface area contributed by atoms with E-state index in [0.29, 0.717) is 13.0 Å². The molecule has 4 nitrogen and oxygen atoms in total. The van der Waals surface area contributed by atoms with Crippen molar-refractivity contribution in [3.8, 4) is 0 Å². The van der Waals surface area contributed by atoms with Crippen LogP contribution >= 0.6 is 0 Å². The fourth-order valence-corrected chi connectivity index (χ4v) is 1.85. The number of hydrogen-bond donors (Lipinski definition) is 1. The van der Waals surface area contributed by atoms with E-state index < -0.39 is 11.8 Å². The molecule has 2 aliphatic rings. The summed E-state index contributed by atoms with van der Waals surface area (Å²) in [5.41, 5.74) is 0. The third-order valence-electron chi connectivity index (χ3n) is 3.07. The molecule has 1 heterocycles. The van der Waals surface area contributed by atoms with Crippen LogP contribution < -0.4 is 5.32 Å². The van der Waals surface area contributed by atoms with Crippen molar-refractivity contribution in [2.45, 2.75) is 30.9 Å². The summed E-state index contributed by atoms with van der Waals surface area (Å²) in [6.45, 7) is 0.589. The van der Waals surface area contributed by atoms with E-state index in [1.165, 1.54) is 7.11 Å². The number of alkyl halides is 2. The highest BCUT2D eigenvalue weighted by Gasteiger charge is 2.57. The molecular formula is C10H15F2NO3. The Morgan fingerprint density at radius 1 is 1.56 bits per heavy atom. The number of carbonyl (C=O) groups excluding carboxylic acids is 1. The molecule has 6 heteroatoms. The third kappa shape index (κ3) is 2.49. The molecule has 3 atom stereocenters. The highest BCUT2D eigenvalue weighted by atomic mass is 19.3. The van der Waals surface area contributed by atoms with Crippen LogP contribution in [-0.2, 0) is 14.3 Å². The van der Waals surface area contributed by atoms with E-state index in [9.17, 15) is 13.6 Å². The zero-order valence-electron chi connectivity index (χ0n) is 9.04. The summed E-state index contributed by atoms with van der Waals surface area (Å²) in [4.78, 5) is 11.2. The number of nitrogens with one attached hydrogen (secondary N) is 1. The largest absolute Gasteiger partial charge is 0.468 e. The van der Waals surface area contributed by atoms with Gasteiger partial charge >= 0.3 is 5.97 Å². The highest BCUT2D eigenvalue weighted by Crippen LogP contribution is 2.48. The van der Waals surface area contributed by atoms with Gasteiger partial charge in [0.05, 0.1) is 25.7 Å². The summed E-state index contributed by atoms with van der Waals surface area (Å²) in [6, 6.07) is -0.366. The van der Waals surface area contributed by atoms with Gasteiger partial charge in [-0.3, -0.25) is 4.79 Å². The van der Waals surface area contributed by atoms with Gasteiger partial charge in [0.1, 0.15) is 6.04 Å². The van der Waals surface area contributed by atoms with Crippen molar-refractivity contribution in [3.63, 3.8) is 0 Å². The molecule has 0 bridgehead atoms. The van der Waals surface area contributed by atoms with Gasteiger partial charge in [0.2, 0.25) is 0 Å². The normalized spacial score (nSPS) is 36.1. The smallest absolute Gasteiger partial charge is 0.322 e. The van der Waals surface area contributed by atoms with Gasteiger partial charge in [-0.1, -0.05) is 0 Å². The van der Waals surface area contributed by atoms with Crippen LogP contribution in [0.15, 0.2) is 0 Å². The Morgan fingerprint density at radius 3 is 2.81 bits per heavy atom. The number of esters is 1. The maximum atomic E-state index is 12.6. The molecule has 0 aromatic carbocycles. The lowest BCUT2D eigenvalue weighted by molar-refractivity contribution is -0.142. The summed E-state index contributed by atoms with van der Waals surface area (Å²) in [5, 5.41) is 2.94. The fraction of sp³-hybridized carbons (Fsp3) is 0.900. The molecule has 2 rings (SSSR count). The summed E-state index contributed by atoms with van der Waals surface area (Å²) in [7, 11) is 1.32. The van der Waals surface area contributed by atoms with Crippen LogP contribution in [0.3, 0.4) is 0 Å². The molecule has 1 saturated heterocycles. The minimum atomic E-state index is -2.53. The Hall–Kier alpha value is -0.750. The van der Waals surface area contributed by atoms with E-state index in [1.54, 1.807) is 0 Å². The third-order valence-corrected chi connectivity index (χ3v) is 3.07. The van der Waals surface area contributed by atoms with Crippen molar-refractivity contribution >= 4 is 5.97 Å². The van der Waals surface area contributed by atoms with Gasteiger partial charge in [0, 0.05) is 19.4 Å². The van der Waals surface area contributed by atoms with Crippen molar-refractivity contribution in [2.24, 2.45) is 5.92 Å². The molecule has 92 valence electrons. The van der Waals surface area contributed by atoms with E-state index in [-0.39, 0.29) is 31.1 Å². The number of ether oxygens (including phenoxy) is 2. The number of carbonyl (C=O) groups is 1. The zero-order valence-corrected chi connectivity index (χ0v) is 9.04. The van der Waals surface area contributed by atoms with E-state index in [4.69, 9.17) is 4.74 Å². The molecule has 1 N–H and O–H groups in total. The molecule has 2 fully saturated rings. The zero-order chi connectivity index (χ0) is 11.8. The van der Waals surface area contributed by atoms with E-state index in [0.717, 1.165) is 0 Å². The molecule has 1 aliphatic carbocycles. The van der Waals surface area contributed by atoms with Gasteiger partial charge in [-0.25, -0.2) is 8.78 Å². The standard InChI is InChI=1S/C10H15F2NO3/c1-15-9(14)8-2-7(4-13-8)16-5-6-3-10(6,11)12/h6-8,13H,2-5H2,1H3. The maximum absolute atomic E-state index is 12.6. The Bertz CT molecular complexity index is 285. The molecule has 1 aliphatic heterocycles. The monoisotopic (exact) mass is 235 g/mol. The molecule has 0 radical (unpaired) electrons. The molecule has 16 heavy (non-hydrogen) atoms. The molecular weight excluding hydrogens is 220 g/mol. The Labute approximate surface area is 92.3 Å². The summed E-state index contributed by atoms with van der Waals surface area (Å²) >= 11 is 0. The lowest BCUT2D eigenvalue weighted by atomic mass is 10.2. The van der Waals surface area contributed by atoms with E-state index >= 15 is 0 Å². The predicted molar refractivity (Wildman–Crippen MR) is 51.2 cm³/mol. The molecule has 1 saturated carbocycles. The second-order valence-electron chi connectivity index (χ2n) is 4.34. The maximum Gasteiger partial charge on any atom is 0.322 e. The number of hydrogen-bond acceptors (Lipinski definition) is 4. The average Bonchev–Trinajstić information content (AvgIpc) is 2.68. The number of rotatable bonds is 4. The number of halogens is 2. The van der Waals surface area contributed by atoms with Crippen LogP contribution in [0.5, 0.6) is 0 Å². The first-order valence-corrected chi connectivity index (χ1v) is 5.33. The molecule has 0 spiro atoms. The van der Waals surface area contributed by atoms with Gasteiger partial charge in [-0.15, -0.1) is 0 Å². The Kier molecular flexibility index (Phi) is 3.12. The minimum Gasteiger partial charge on any atom is -0.468 e. The lowest BCUT2D eigenvalue weighted by Crippen LogP contribution is -2.31. The summed E-state index contributed by atoms with van der Waals surface area (Å²) in [5.74, 6) is -3.50. The van der Waals surface area contributed by atoms with Crippen LogP contribution in [0.1, 0.15) is 12.8 Å². The SMILES string of the molecule is COC(=O)C1CC(OCC2CC2(F)F)CN1. The quantitative estimate of drug-likeness (QED) is 0.723.